The lowest BCUT2D eigenvalue weighted by atomic mass is 9.91. The molecule has 2 aliphatic rings. The van der Waals surface area contributed by atoms with Crippen molar-refractivity contribution in [1.82, 2.24) is 0 Å². The minimum Gasteiger partial charge on any atom is -0.482 e. The Morgan fingerprint density at radius 2 is 2.25 bits per heavy atom. The van der Waals surface area contributed by atoms with Crippen LogP contribution in [0, 0.1) is 0 Å². The molecule has 1 atom stereocenters. The first kappa shape index (κ1) is 13.4. The topological polar surface area (TPSA) is 64.6 Å². The van der Waals surface area contributed by atoms with Crippen LogP contribution in [-0.2, 0) is 9.53 Å². The van der Waals surface area contributed by atoms with Crippen molar-refractivity contribution >= 4 is 29.0 Å². The summed E-state index contributed by atoms with van der Waals surface area (Å²) in [7, 11) is 0. The quantitative estimate of drug-likeness (QED) is 0.851. The van der Waals surface area contributed by atoms with Crippen LogP contribution in [0.15, 0.2) is 12.1 Å². The SMILES string of the molecule is CC1(C(=O)c2cc3c(cc2Cl)NC(=O)CO3)CCCO1. The molecule has 0 aliphatic carbocycles. The number of benzene rings is 1. The zero-order chi connectivity index (χ0) is 14.3. The van der Waals surface area contributed by atoms with E-state index in [4.69, 9.17) is 21.1 Å². The fourth-order valence-electron chi connectivity index (χ4n) is 2.52. The second kappa shape index (κ2) is 4.75. The van der Waals surface area contributed by atoms with E-state index in [9.17, 15) is 9.59 Å². The number of rotatable bonds is 2. The van der Waals surface area contributed by atoms with Crippen molar-refractivity contribution in [2.45, 2.75) is 25.4 Å². The summed E-state index contributed by atoms with van der Waals surface area (Å²) in [6, 6.07) is 3.12. The van der Waals surface area contributed by atoms with Gasteiger partial charge in [-0.1, -0.05) is 11.6 Å². The molecule has 1 aromatic carbocycles. The molecule has 0 aromatic heterocycles. The minimum absolute atomic E-state index is 0.0595. The summed E-state index contributed by atoms with van der Waals surface area (Å²) >= 11 is 6.16. The van der Waals surface area contributed by atoms with Gasteiger partial charge in [-0.05, 0) is 31.9 Å². The van der Waals surface area contributed by atoms with Gasteiger partial charge in [-0.15, -0.1) is 0 Å². The molecule has 1 unspecified atom stereocenters. The Kier molecular flexibility index (Phi) is 3.18. The summed E-state index contributed by atoms with van der Waals surface area (Å²) < 4.78 is 10.9. The fourth-order valence-corrected chi connectivity index (χ4v) is 2.77. The van der Waals surface area contributed by atoms with E-state index in [1.54, 1.807) is 19.1 Å². The van der Waals surface area contributed by atoms with Crippen molar-refractivity contribution in [2.75, 3.05) is 18.5 Å². The number of ketones is 1. The zero-order valence-electron chi connectivity index (χ0n) is 11.0. The predicted octanol–water partition coefficient (Wildman–Crippen LogP) is 2.42. The highest BCUT2D eigenvalue weighted by molar-refractivity contribution is 6.35. The van der Waals surface area contributed by atoms with Crippen molar-refractivity contribution in [3.8, 4) is 5.75 Å². The number of anilines is 1. The average molecular weight is 296 g/mol. The maximum atomic E-state index is 12.6. The molecule has 0 saturated carbocycles. The van der Waals surface area contributed by atoms with E-state index in [0.717, 1.165) is 6.42 Å². The van der Waals surface area contributed by atoms with Crippen LogP contribution in [0.1, 0.15) is 30.1 Å². The second-order valence-corrected chi connectivity index (χ2v) is 5.58. The van der Waals surface area contributed by atoms with E-state index in [1.165, 1.54) is 0 Å². The molecule has 2 aliphatic heterocycles. The number of Topliss-reactive ketones (excluding diaryl/α,β-unsaturated/α-hetero) is 1. The predicted molar refractivity (Wildman–Crippen MR) is 73.5 cm³/mol. The van der Waals surface area contributed by atoms with Crippen LogP contribution in [-0.4, -0.2) is 30.5 Å². The molecule has 1 amide bonds. The maximum Gasteiger partial charge on any atom is 0.262 e. The van der Waals surface area contributed by atoms with Crippen molar-refractivity contribution < 1.29 is 19.1 Å². The number of halogens is 1. The van der Waals surface area contributed by atoms with Gasteiger partial charge in [-0.25, -0.2) is 0 Å². The van der Waals surface area contributed by atoms with Gasteiger partial charge in [0.1, 0.15) is 11.4 Å². The van der Waals surface area contributed by atoms with Crippen LogP contribution in [0.5, 0.6) is 5.75 Å². The highest BCUT2D eigenvalue weighted by Gasteiger charge is 2.39. The Labute approximate surface area is 121 Å². The molecule has 2 heterocycles. The first-order valence-corrected chi connectivity index (χ1v) is 6.82. The zero-order valence-corrected chi connectivity index (χ0v) is 11.8. The van der Waals surface area contributed by atoms with Crippen molar-refractivity contribution in [2.24, 2.45) is 0 Å². The molecular weight excluding hydrogens is 282 g/mol. The molecule has 1 aromatic rings. The van der Waals surface area contributed by atoms with Crippen LogP contribution in [0.25, 0.3) is 0 Å². The average Bonchev–Trinajstić information content (AvgIpc) is 2.85. The third kappa shape index (κ3) is 2.17. The van der Waals surface area contributed by atoms with E-state index < -0.39 is 5.60 Å². The number of ether oxygens (including phenoxy) is 2. The van der Waals surface area contributed by atoms with E-state index in [0.29, 0.717) is 30.0 Å². The summed E-state index contributed by atoms with van der Waals surface area (Å²) in [5, 5.41) is 2.94. The second-order valence-electron chi connectivity index (χ2n) is 5.18. The monoisotopic (exact) mass is 295 g/mol. The molecule has 0 bridgehead atoms. The largest absolute Gasteiger partial charge is 0.482 e. The molecule has 1 N–H and O–H groups in total. The van der Waals surface area contributed by atoms with Gasteiger partial charge in [0.05, 0.1) is 10.7 Å². The normalized spacial score (nSPS) is 24.8. The maximum absolute atomic E-state index is 12.6. The van der Waals surface area contributed by atoms with E-state index >= 15 is 0 Å². The summed E-state index contributed by atoms with van der Waals surface area (Å²) in [6.45, 7) is 2.30. The number of hydrogen-bond donors (Lipinski definition) is 1. The lowest BCUT2D eigenvalue weighted by Gasteiger charge is -2.24. The lowest BCUT2D eigenvalue weighted by Crippen LogP contribution is -2.34. The van der Waals surface area contributed by atoms with E-state index in [2.05, 4.69) is 5.32 Å². The van der Waals surface area contributed by atoms with Crippen LogP contribution in [0.2, 0.25) is 5.02 Å². The Hall–Kier alpha value is -1.59. The molecule has 1 saturated heterocycles. The standard InChI is InChI=1S/C14H14ClNO4/c1-14(3-2-4-20-14)13(18)8-5-11-10(6-9(8)15)16-12(17)7-19-11/h5-6H,2-4,7H2,1H3,(H,16,17). The van der Waals surface area contributed by atoms with Gasteiger partial charge in [0.25, 0.3) is 5.91 Å². The Bertz CT molecular complexity index is 593. The van der Waals surface area contributed by atoms with Crippen molar-refractivity contribution in [3.05, 3.63) is 22.7 Å². The highest BCUT2D eigenvalue weighted by Crippen LogP contribution is 2.37. The number of hydrogen-bond acceptors (Lipinski definition) is 4. The van der Waals surface area contributed by atoms with Gasteiger partial charge in [0, 0.05) is 12.2 Å². The molecule has 3 rings (SSSR count). The fraction of sp³-hybridized carbons (Fsp3) is 0.429. The molecule has 5 nitrogen and oxygen atoms in total. The first-order valence-electron chi connectivity index (χ1n) is 6.44. The number of carbonyl (C=O) groups excluding carboxylic acids is 2. The Morgan fingerprint density at radius 1 is 1.45 bits per heavy atom. The number of nitrogens with one attached hydrogen (secondary N) is 1. The van der Waals surface area contributed by atoms with Gasteiger partial charge in [-0.2, -0.15) is 0 Å². The Morgan fingerprint density at radius 3 is 2.95 bits per heavy atom. The number of amides is 1. The number of fused-ring (bicyclic) bond motifs is 1. The number of carbonyl (C=O) groups is 2. The van der Waals surface area contributed by atoms with Gasteiger partial charge in [0.15, 0.2) is 12.4 Å². The third-order valence-electron chi connectivity index (χ3n) is 3.65. The summed E-state index contributed by atoms with van der Waals surface area (Å²) in [5.41, 5.74) is 0.0294. The van der Waals surface area contributed by atoms with E-state index in [1.807, 2.05) is 0 Å². The smallest absolute Gasteiger partial charge is 0.262 e. The molecule has 0 spiro atoms. The molecule has 1 fully saturated rings. The molecule has 6 heteroatoms. The lowest BCUT2D eigenvalue weighted by molar-refractivity contribution is -0.118. The summed E-state index contributed by atoms with van der Waals surface area (Å²) in [5.74, 6) is 0.0704. The summed E-state index contributed by atoms with van der Waals surface area (Å²) in [6.07, 6.45) is 1.54. The minimum atomic E-state index is -0.824. The molecule has 0 radical (unpaired) electrons. The van der Waals surface area contributed by atoms with E-state index in [-0.39, 0.29) is 23.3 Å². The van der Waals surface area contributed by atoms with Gasteiger partial charge >= 0.3 is 0 Å². The highest BCUT2D eigenvalue weighted by atomic mass is 35.5. The Balaban J connectivity index is 1.98. The third-order valence-corrected chi connectivity index (χ3v) is 3.96. The van der Waals surface area contributed by atoms with Gasteiger partial charge in [-0.3, -0.25) is 9.59 Å². The van der Waals surface area contributed by atoms with Crippen LogP contribution >= 0.6 is 11.6 Å². The first-order chi connectivity index (χ1) is 9.49. The summed E-state index contributed by atoms with van der Waals surface area (Å²) in [4.78, 5) is 23.8. The molecule has 106 valence electrons. The van der Waals surface area contributed by atoms with Crippen LogP contribution < -0.4 is 10.1 Å². The van der Waals surface area contributed by atoms with Crippen molar-refractivity contribution in [1.29, 1.82) is 0 Å². The van der Waals surface area contributed by atoms with Gasteiger partial charge < -0.3 is 14.8 Å². The molecule has 20 heavy (non-hydrogen) atoms. The molecular formula is C14H14ClNO4. The van der Waals surface area contributed by atoms with Crippen LogP contribution in [0.3, 0.4) is 0 Å². The van der Waals surface area contributed by atoms with Gasteiger partial charge in [0.2, 0.25) is 0 Å². The van der Waals surface area contributed by atoms with Crippen molar-refractivity contribution in [3.63, 3.8) is 0 Å². The van der Waals surface area contributed by atoms with Crippen LogP contribution in [0.4, 0.5) is 5.69 Å².